The second kappa shape index (κ2) is 21.9. The van der Waals surface area contributed by atoms with E-state index in [4.69, 9.17) is 24.2 Å². The fourth-order valence-electron chi connectivity index (χ4n) is 10.4. The maximum Gasteiger partial charge on any atom is 0.412 e. The fourth-order valence-corrected chi connectivity index (χ4v) is 10.4. The number of aliphatic hydroxyl groups is 2. The van der Waals surface area contributed by atoms with E-state index in [1.807, 2.05) is 84.7 Å². The zero-order chi connectivity index (χ0) is 43.3. The molecule has 6 unspecified atom stereocenters. The molecule has 3 N–H and O–H groups in total. The Balaban J connectivity index is 1.33. The molecule has 2 fully saturated rings. The number of benzene rings is 3. The lowest BCUT2D eigenvalue weighted by atomic mass is 9.55. The monoisotopic (exact) mass is 847 g/mol. The number of ether oxygens (including phenoxy) is 3. The minimum Gasteiger partial charge on any atom is -0.459 e. The Morgan fingerprint density at radius 1 is 0.935 bits per heavy atom. The maximum absolute atomic E-state index is 14.4. The number of aliphatic hydroxyl groups excluding tert-OH is 2. The Morgan fingerprint density at radius 3 is 2.35 bits per heavy atom. The highest BCUT2D eigenvalue weighted by Gasteiger charge is 2.65. The Kier molecular flexibility index (Phi) is 15.9. The van der Waals surface area contributed by atoms with Crippen molar-refractivity contribution >= 4 is 17.7 Å². The van der Waals surface area contributed by atoms with Crippen LogP contribution in [0.5, 0.6) is 11.5 Å². The smallest absolute Gasteiger partial charge is 0.412 e. The van der Waals surface area contributed by atoms with Gasteiger partial charge in [-0.05, 0) is 84.8 Å². The van der Waals surface area contributed by atoms with Gasteiger partial charge in [-0.25, -0.2) is 4.79 Å². The van der Waals surface area contributed by atoms with Gasteiger partial charge in [-0.1, -0.05) is 116 Å². The Hall–Kier alpha value is -4.97. The first-order valence-corrected chi connectivity index (χ1v) is 22.8. The molecule has 0 bridgehead atoms. The first kappa shape index (κ1) is 45.1. The molecule has 2 saturated carbocycles. The summed E-state index contributed by atoms with van der Waals surface area (Å²) >= 11 is 0. The van der Waals surface area contributed by atoms with Gasteiger partial charge in [-0.2, -0.15) is 0 Å². The number of carbonyl (C=O) groups excluding carboxylic acids is 2. The average molecular weight is 848 g/mol. The van der Waals surface area contributed by atoms with Gasteiger partial charge >= 0.3 is 6.09 Å². The first-order valence-electron chi connectivity index (χ1n) is 22.8. The van der Waals surface area contributed by atoms with E-state index < -0.39 is 23.8 Å². The van der Waals surface area contributed by atoms with Gasteiger partial charge < -0.3 is 39.5 Å². The van der Waals surface area contributed by atoms with E-state index in [9.17, 15) is 19.8 Å². The van der Waals surface area contributed by atoms with Crippen molar-refractivity contribution in [1.82, 2.24) is 10.2 Å². The molecule has 3 aromatic rings. The molecule has 3 aliphatic carbocycles. The Bertz CT molecular complexity index is 2000. The highest BCUT2D eigenvalue weighted by atomic mass is 16.7. The highest BCUT2D eigenvalue weighted by Crippen LogP contribution is 2.62. The Morgan fingerprint density at radius 2 is 1.65 bits per heavy atom. The summed E-state index contributed by atoms with van der Waals surface area (Å²) in [6.45, 7) is 5.01. The number of amides is 2. The number of nitrogens with one attached hydrogen (secondary N) is 1. The normalized spacial score (nSPS) is 24.6. The summed E-state index contributed by atoms with van der Waals surface area (Å²) in [6.07, 6.45) is 14.4. The number of hydrogen-bond acceptors (Lipinski definition) is 9. The number of hydrogen-bond donors (Lipinski definition) is 3. The van der Waals surface area contributed by atoms with Gasteiger partial charge in [-0.3, -0.25) is 4.79 Å². The van der Waals surface area contributed by atoms with E-state index in [2.05, 4.69) is 18.0 Å². The molecular formula is C51H65N3O8. The predicted molar refractivity (Wildman–Crippen MR) is 239 cm³/mol. The summed E-state index contributed by atoms with van der Waals surface area (Å²) in [7, 11) is 1.87. The number of nitrogens with zero attached hydrogens (tertiary/aromatic N) is 2. The average Bonchev–Trinajstić information content (AvgIpc) is 3.83. The van der Waals surface area contributed by atoms with Crippen LogP contribution in [-0.2, 0) is 27.5 Å². The number of allylic oxidation sites excluding steroid dienone is 1. The van der Waals surface area contributed by atoms with Crippen molar-refractivity contribution in [3.63, 3.8) is 0 Å². The van der Waals surface area contributed by atoms with E-state index in [1.54, 1.807) is 12.1 Å². The zero-order valence-electron chi connectivity index (χ0n) is 36.3. The minimum atomic E-state index is -1.34. The van der Waals surface area contributed by atoms with Crippen molar-refractivity contribution in [2.24, 2.45) is 28.8 Å². The van der Waals surface area contributed by atoms with Crippen molar-refractivity contribution in [2.45, 2.75) is 114 Å². The summed E-state index contributed by atoms with van der Waals surface area (Å²) in [5.74, 6) is -0.335. The SMILES string of the molecule is C=CCOC12Oc3ccc(OC(=O)NCc4ccccc4)cc3C3C(CCCCO)C(CCCCO)C=C(C(=NOCc4ccccc4)CC1N(C)C(=O)CCC1CCCC1)C32. The molecule has 3 aromatic carbocycles. The molecular weight excluding hydrogens is 783 g/mol. The molecule has 2 amide bonds. The van der Waals surface area contributed by atoms with Crippen LogP contribution in [0.1, 0.15) is 106 Å². The van der Waals surface area contributed by atoms with Gasteiger partial charge in [0.15, 0.2) is 0 Å². The van der Waals surface area contributed by atoms with Crippen LogP contribution in [0.3, 0.4) is 0 Å². The van der Waals surface area contributed by atoms with E-state index in [0.29, 0.717) is 49.6 Å². The van der Waals surface area contributed by atoms with Crippen LogP contribution in [0.15, 0.2) is 108 Å². The van der Waals surface area contributed by atoms with Crippen LogP contribution >= 0.6 is 0 Å². The molecule has 1 aliphatic heterocycles. The molecule has 11 heteroatoms. The predicted octanol–water partition coefficient (Wildman–Crippen LogP) is 9.24. The maximum atomic E-state index is 14.4. The molecule has 11 nitrogen and oxygen atoms in total. The third-order valence-corrected chi connectivity index (χ3v) is 13.5. The van der Waals surface area contributed by atoms with Crippen LogP contribution in [-0.4, -0.2) is 71.5 Å². The molecule has 4 aliphatic rings. The molecule has 0 aromatic heterocycles. The van der Waals surface area contributed by atoms with E-state index in [1.165, 1.54) is 12.8 Å². The summed E-state index contributed by atoms with van der Waals surface area (Å²) < 4.78 is 20.3. The molecule has 62 heavy (non-hydrogen) atoms. The summed E-state index contributed by atoms with van der Waals surface area (Å²) in [5.41, 5.74) is 4.53. The standard InChI is InChI=1S/C51H65N3O8/c1-3-30-59-51-46(54(2)47(57)27-24-36-16-10-11-17-36)33-44(53-60-35-38-20-8-5-9-21-38)42-31-39(22-12-14-28-55)41(23-13-15-29-56)48(49(42)51)43-32-40(25-26-45(43)62-51)61-50(58)52-34-37-18-6-4-7-19-37/h3-9,18-21,25-26,31-32,36,39,41,46,48-49,55-56H,1,10-17,22-24,27-30,33-35H2,2H3,(H,52,58). The number of fused-ring (bicyclic) bond motifs is 2. The van der Waals surface area contributed by atoms with E-state index >= 15 is 0 Å². The van der Waals surface area contributed by atoms with Crippen molar-refractivity contribution < 1.29 is 38.9 Å². The Labute approximate surface area is 367 Å². The van der Waals surface area contributed by atoms with E-state index in [-0.39, 0.29) is 50.1 Å². The van der Waals surface area contributed by atoms with E-state index in [0.717, 1.165) is 72.9 Å². The third kappa shape index (κ3) is 10.6. The molecule has 7 rings (SSSR count). The number of oxime groups is 1. The second-order valence-corrected chi connectivity index (χ2v) is 17.5. The third-order valence-electron chi connectivity index (χ3n) is 13.5. The molecule has 0 saturated heterocycles. The van der Waals surface area contributed by atoms with Gasteiger partial charge in [0.1, 0.15) is 24.1 Å². The lowest BCUT2D eigenvalue weighted by Gasteiger charge is -2.59. The van der Waals surface area contributed by atoms with Crippen molar-refractivity contribution in [2.75, 3.05) is 26.9 Å². The number of carbonyl (C=O) groups is 2. The van der Waals surface area contributed by atoms with Crippen molar-refractivity contribution in [3.05, 3.63) is 120 Å². The molecule has 6 atom stereocenters. The first-order chi connectivity index (χ1) is 30.3. The van der Waals surface area contributed by atoms with Crippen LogP contribution in [0.25, 0.3) is 0 Å². The van der Waals surface area contributed by atoms with Crippen molar-refractivity contribution in [3.8, 4) is 11.5 Å². The number of likely N-dealkylation sites (N-methyl/N-ethyl adjacent to an activating group) is 1. The number of rotatable bonds is 21. The van der Waals surface area contributed by atoms with Gasteiger partial charge in [0.2, 0.25) is 11.7 Å². The summed E-state index contributed by atoms with van der Waals surface area (Å²) in [5, 5.41) is 27.7. The zero-order valence-corrected chi connectivity index (χ0v) is 36.3. The lowest BCUT2D eigenvalue weighted by molar-refractivity contribution is -0.255. The van der Waals surface area contributed by atoms with Crippen molar-refractivity contribution in [1.29, 1.82) is 0 Å². The quantitative estimate of drug-likeness (QED) is 0.0548. The largest absolute Gasteiger partial charge is 0.459 e. The molecule has 0 radical (unpaired) electrons. The molecule has 1 heterocycles. The highest BCUT2D eigenvalue weighted by molar-refractivity contribution is 6.03. The van der Waals surface area contributed by atoms with Gasteiger partial charge in [0.05, 0.1) is 18.2 Å². The van der Waals surface area contributed by atoms with Crippen LogP contribution in [0.2, 0.25) is 0 Å². The lowest BCUT2D eigenvalue weighted by Crippen LogP contribution is -2.69. The minimum absolute atomic E-state index is 0.0360. The van der Waals surface area contributed by atoms with Gasteiger partial charge in [-0.15, -0.1) is 6.58 Å². The summed E-state index contributed by atoms with van der Waals surface area (Å²) in [4.78, 5) is 35.7. The summed E-state index contributed by atoms with van der Waals surface area (Å²) in [6, 6.07) is 24.6. The molecule has 332 valence electrons. The second-order valence-electron chi connectivity index (χ2n) is 17.5. The van der Waals surface area contributed by atoms with Crippen LogP contribution < -0.4 is 14.8 Å². The molecule has 0 spiro atoms. The fraction of sp³-hybridized carbons (Fsp3) is 0.510. The van der Waals surface area contributed by atoms with Gasteiger partial charge in [0.25, 0.3) is 0 Å². The topological polar surface area (TPSA) is 139 Å². The van der Waals surface area contributed by atoms with Crippen LogP contribution in [0.4, 0.5) is 4.79 Å². The van der Waals surface area contributed by atoms with Crippen LogP contribution in [0, 0.1) is 23.7 Å². The van der Waals surface area contributed by atoms with Gasteiger partial charge in [0, 0.05) is 51.1 Å². The number of unbranched alkanes of at least 4 members (excludes halogenated alkanes) is 2.